The summed E-state index contributed by atoms with van der Waals surface area (Å²) in [5.41, 5.74) is 0.626. The van der Waals surface area contributed by atoms with Crippen molar-refractivity contribution in [3.63, 3.8) is 0 Å². The first-order valence-corrected chi connectivity index (χ1v) is 7.95. The average molecular weight is 283 g/mol. The molecule has 1 aliphatic carbocycles. The van der Waals surface area contributed by atoms with Gasteiger partial charge in [-0.15, -0.1) is 0 Å². The van der Waals surface area contributed by atoms with Crippen LogP contribution in [-0.2, 0) is 0 Å². The van der Waals surface area contributed by atoms with Gasteiger partial charge in [-0.25, -0.2) is 4.39 Å². The number of nitrogens with one attached hydrogen (secondary N) is 1. The van der Waals surface area contributed by atoms with E-state index in [-0.39, 0.29) is 11.9 Å². The van der Waals surface area contributed by atoms with E-state index in [1.165, 1.54) is 25.3 Å². The molecule has 0 amide bonds. The zero-order chi connectivity index (χ0) is 13.9. The Morgan fingerprint density at radius 3 is 2.74 bits per heavy atom. The van der Waals surface area contributed by atoms with E-state index in [0.717, 1.165) is 6.54 Å². The maximum absolute atomic E-state index is 14.0. The van der Waals surface area contributed by atoms with E-state index < -0.39 is 0 Å². The highest BCUT2D eigenvalue weighted by molar-refractivity contribution is 8.00. The third-order valence-electron chi connectivity index (χ3n) is 4.09. The van der Waals surface area contributed by atoms with E-state index in [9.17, 15) is 4.39 Å². The molecular formula is C15H22FNOS. The molecule has 1 saturated carbocycles. The molecule has 0 spiro atoms. The van der Waals surface area contributed by atoms with Gasteiger partial charge in [0.15, 0.2) is 0 Å². The quantitative estimate of drug-likeness (QED) is 0.858. The minimum atomic E-state index is -0.203. The van der Waals surface area contributed by atoms with Crippen molar-refractivity contribution in [3.8, 4) is 5.75 Å². The molecule has 1 aromatic rings. The van der Waals surface area contributed by atoms with Gasteiger partial charge in [-0.05, 0) is 38.2 Å². The number of hydrogen-bond acceptors (Lipinski definition) is 3. The summed E-state index contributed by atoms with van der Waals surface area (Å²) in [6, 6.07) is 4.94. The van der Waals surface area contributed by atoms with Crippen molar-refractivity contribution in [3.05, 3.63) is 29.6 Å². The average Bonchev–Trinajstić information content (AvgIpc) is 2.37. The van der Waals surface area contributed by atoms with Crippen molar-refractivity contribution in [1.82, 2.24) is 5.32 Å². The van der Waals surface area contributed by atoms with Crippen LogP contribution >= 0.6 is 11.8 Å². The standard InChI is InChI=1S/C15H22FNOS/c1-11(17-10-15(19-3)8-5-9-15)14-12(16)6-4-7-13(14)18-2/h4,6-7,11,17H,5,8-10H2,1-3H3. The molecule has 1 unspecified atom stereocenters. The topological polar surface area (TPSA) is 21.3 Å². The molecule has 0 aromatic heterocycles. The number of halogens is 1. The van der Waals surface area contributed by atoms with Gasteiger partial charge in [-0.2, -0.15) is 11.8 Å². The molecule has 0 radical (unpaired) electrons. The Morgan fingerprint density at radius 1 is 1.47 bits per heavy atom. The summed E-state index contributed by atoms with van der Waals surface area (Å²) in [6.45, 7) is 2.92. The van der Waals surface area contributed by atoms with Crippen LogP contribution in [0.3, 0.4) is 0 Å². The third kappa shape index (κ3) is 3.06. The van der Waals surface area contributed by atoms with E-state index in [1.807, 2.05) is 24.8 Å². The molecule has 1 fully saturated rings. The molecule has 0 saturated heterocycles. The SMILES string of the molecule is COc1cccc(F)c1C(C)NCC1(SC)CCC1. The smallest absolute Gasteiger partial charge is 0.131 e. The molecule has 106 valence electrons. The van der Waals surface area contributed by atoms with Crippen molar-refractivity contribution in [1.29, 1.82) is 0 Å². The molecule has 0 bridgehead atoms. The molecule has 0 aliphatic heterocycles. The molecular weight excluding hydrogens is 261 g/mol. The largest absolute Gasteiger partial charge is 0.496 e. The van der Waals surface area contributed by atoms with Crippen molar-refractivity contribution < 1.29 is 9.13 Å². The Morgan fingerprint density at radius 2 is 2.21 bits per heavy atom. The van der Waals surface area contributed by atoms with E-state index in [4.69, 9.17) is 4.74 Å². The van der Waals surface area contributed by atoms with Gasteiger partial charge in [-0.3, -0.25) is 0 Å². The van der Waals surface area contributed by atoms with Crippen LogP contribution < -0.4 is 10.1 Å². The second kappa shape index (κ2) is 6.14. The second-order valence-electron chi connectivity index (χ2n) is 5.20. The summed E-state index contributed by atoms with van der Waals surface area (Å²) in [6.07, 6.45) is 5.97. The molecule has 2 rings (SSSR count). The number of benzene rings is 1. The van der Waals surface area contributed by atoms with Gasteiger partial charge in [0.05, 0.1) is 7.11 Å². The van der Waals surface area contributed by atoms with Crippen LogP contribution in [-0.4, -0.2) is 24.7 Å². The summed E-state index contributed by atoms with van der Waals surface area (Å²) in [5.74, 6) is 0.415. The normalized spacial score (nSPS) is 18.7. The minimum absolute atomic E-state index is 0.0409. The highest BCUT2D eigenvalue weighted by Gasteiger charge is 2.36. The van der Waals surface area contributed by atoms with Gasteiger partial charge in [0.25, 0.3) is 0 Å². The molecule has 1 atom stereocenters. The Kier molecular flexibility index (Phi) is 4.74. The van der Waals surface area contributed by atoms with Gasteiger partial charge in [0, 0.05) is 22.9 Å². The van der Waals surface area contributed by atoms with Crippen LogP contribution in [0.1, 0.15) is 37.8 Å². The zero-order valence-electron chi connectivity index (χ0n) is 11.8. The molecule has 1 aromatic carbocycles. The Bertz CT molecular complexity index is 429. The van der Waals surface area contributed by atoms with Crippen LogP contribution in [0.5, 0.6) is 5.75 Å². The monoisotopic (exact) mass is 283 g/mol. The van der Waals surface area contributed by atoms with Gasteiger partial charge in [0.2, 0.25) is 0 Å². The molecule has 1 aliphatic rings. The lowest BCUT2D eigenvalue weighted by Crippen LogP contribution is -2.44. The molecule has 1 N–H and O–H groups in total. The number of hydrogen-bond donors (Lipinski definition) is 1. The Labute approximate surface area is 119 Å². The minimum Gasteiger partial charge on any atom is -0.496 e. The maximum Gasteiger partial charge on any atom is 0.131 e. The summed E-state index contributed by atoms with van der Waals surface area (Å²) < 4.78 is 19.6. The first kappa shape index (κ1) is 14.7. The second-order valence-corrected chi connectivity index (χ2v) is 6.47. The predicted octanol–water partition coefficient (Wildman–Crippen LogP) is 3.77. The van der Waals surface area contributed by atoms with Gasteiger partial charge >= 0.3 is 0 Å². The lowest BCUT2D eigenvalue weighted by molar-refractivity contribution is 0.328. The lowest BCUT2D eigenvalue weighted by Gasteiger charge is -2.41. The third-order valence-corrected chi connectivity index (χ3v) is 5.51. The van der Waals surface area contributed by atoms with Crippen molar-refractivity contribution in [2.24, 2.45) is 0 Å². The van der Waals surface area contributed by atoms with Gasteiger partial charge in [-0.1, -0.05) is 12.5 Å². The van der Waals surface area contributed by atoms with Crippen LogP contribution in [0.4, 0.5) is 4.39 Å². The molecule has 0 heterocycles. The fraction of sp³-hybridized carbons (Fsp3) is 0.600. The Hall–Kier alpha value is -0.740. The van der Waals surface area contributed by atoms with Crippen molar-refractivity contribution in [2.45, 2.75) is 37.0 Å². The van der Waals surface area contributed by atoms with E-state index >= 15 is 0 Å². The van der Waals surface area contributed by atoms with Crippen LogP contribution in [0.25, 0.3) is 0 Å². The number of ether oxygens (including phenoxy) is 1. The van der Waals surface area contributed by atoms with E-state index in [1.54, 1.807) is 13.2 Å². The number of thioether (sulfide) groups is 1. The highest BCUT2D eigenvalue weighted by Crippen LogP contribution is 2.42. The molecule has 2 nitrogen and oxygen atoms in total. The van der Waals surface area contributed by atoms with Crippen molar-refractivity contribution in [2.75, 3.05) is 19.9 Å². The predicted molar refractivity (Wildman–Crippen MR) is 79.5 cm³/mol. The Balaban J connectivity index is 2.05. The summed E-state index contributed by atoms with van der Waals surface area (Å²) in [5, 5.41) is 3.47. The van der Waals surface area contributed by atoms with E-state index in [2.05, 4.69) is 11.6 Å². The molecule has 4 heteroatoms. The zero-order valence-corrected chi connectivity index (χ0v) is 12.6. The van der Waals surface area contributed by atoms with Gasteiger partial charge in [0.1, 0.15) is 11.6 Å². The fourth-order valence-electron chi connectivity index (χ4n) is 2.58. The van der Waals surface area contributed by atoms with Crippen LogP contribution in [0.2, 0.25) is 0 Å². The first-order valence-electron chi connectivity index (χ1n) is 6.73. The maximum atomic E-state index is 14.0. The van der Waals surface area contributed by atoms with Crippen molar-refractivity contribution >= 4 is 11.8 Å². The lowest BCUT2D eigenvalue weighted by atomic mass is 9.84. The van der Waals surface area contributed by atoms with Crippen LogP contribution in [0, 0.1) is 5.82 Å². The molecule has 19 heavy (non-hydrogen) atoms. The highest BCUT2D eigenvalue weighted by atomic mass is 32.2. The number of methoxy groups -OCH3 is 1. The first-order chi connectivity index (χ1) is 9.12. The summed E-state index contributed by atoms with van der Waals surface area (Å²) >= 11 is 1.92. The summed E-state index contributed by atoms with van der Waals surface area (Å²) in [4.78, 5) is 0. The van der Waals surface area contributed by atoms with E-state index in [0.29, 0.717) is 16.1 Å². The van der Waals surface area contributed by atoms with Gasteiger partial charge < -0.3 is 10.1 Å². The number of rotatable bonds is 6. The summed E-state index contributed by atoms with van der Waals surface area (Å²) in [7, 11) is 1.58. The van der Waals surface area contributed by atoms with Crippen LogP contribution in [0.15, 0.2) is 18.2 Å². The fourth-order valence-corrected chi connectivity index (χ4v) is 3.51.